The average molecular weight is 176 g/mol. The molecule has 0 rings (SSSR count). The molecule has 0 aliphatic carbocycles. The van der Waals surface area contributed by atoms with Crippen molar-refractivity contribution in [2.75, 3.05) is 0 Å². The van der Waals surface area contributed by atoms with Crippen molar-refractivity contribution in [3.8, 4) is 24.2 Å². The van der Waals surface area contributed by atoms with Gasteiger partial charge in [-0.15, -0.1) is 6.42 Å². The number of carbonyl (C=O) groups is 1. The first-order valence-corrected chi connectivity index (χ1v) is 4.10. The molecule has 2 nitrogen and oxygen atoms in total. The molecule has 0 saturated heterocycles. The first-order valence-electron chi connectivity index (χ1n) is 4.10. The van der Waals surface area contributed by atoms with Crippen LogP contribution in [0.3, 0.4) is 0 Å². The summed E-state index contributed by atoms with van der Waals surface area (Å²) in [5.41, 5.74) is 0. The zero-order valence-electron chi connectivity index (χ0n) is 7.42. The van der Waals surface area contributed by atoms with Gasteiger partial charge in [-0.3, -0.25) is 0 Å². The second kappa shape index (κ2) is 8.43. The van der Waals surface area contributed by atoms with Crippen LogP contribution in [0.25, 0.3) is 0 Å². The average Bonchev–Trinajstić information content (AvgIpc) is 2.09. The van der Waals surface area contributed by atoms with Gasteiger partial charge >= 0.3 is 5.97 Å². The molecule has 0 radical (unpaired) electrons. The standard InChI is InChI=1S/C11H12O2/c1-2-3-4-5-6-7-8-9-10-11(12)13/h1,9-10H,5-8H2,(H,12,13)/b10-9-. The van der Waals surface area contributed by atoms with E-state index >= 15 is 0 Å². The van der Waals surface area contributed by atoms with Crippen molar-refractivity contribution < 1.29 is 9.90 Å². The summed E-state index contributed by atoms with van der Waals surface area (Å²) in [6.07, 6.45) is 11.2. The number of hydrogen-bond donors (Lipinski definition) is 1. The lowest BCUT2D eigenvalue weighted by Crippen LogP contribution is -1.85. The van der Waals surface area contributed by atoms with Crippen LogP contribution in [-0.2, 0) is 4.79 Å². The molecule has 0 aromatic carbocycles. The van der Waals surface area contributed by atoms with Gasteiger partial charge in [0.1, 0.15) is 0 Å². The van der Waals surface area contributed by atoms with Crippen molar-refractivity contribution in [1.82, 2.24) is 0 Å². The van der Waals surface area contributed by atoms with E-state index in [1.165, 1.54) is 0 Å². The molecule has 0 fully saturated rings. The van der Waals surface area contributed by atoms with E-state index in [1.807, 2.05) is 0 Å². The van der Waals surface area contributed by atoms with Crippen molar-refractivity contribution in [1.29, 1.82) is 0 Å². The topological polar surface area (TPSA) is 37.3 Å². The van der Waals surface area contributed by atoms with Gasteiger partial charge < -0.3 is 5.11 Å². The Labute approximate surface area is 78.7 Å². The summed E-state index contributed by atoms with van der Waals surface area (Å²) in [5.74, 6) is 6.67. The Bertz CT molecular complexity index is 271. The normalized spacial score (nSPS) is 8.85. The summed E-state index contributed by atoms with van der Waals surface area (Å²) in [7, 11) is 0. The third kappa shape index (κ3) is 10.3. The Morgan fingerprint density at radius 3 is 2.85 bits per heavy atom. The molecular weight excluding hydrogens is 164 g/mol. The van der Waals surface area contributed by atoms with Crippen LogP contribution in [0.1, 0.15) is 25.7 Å². The van der Waals surface area contributed by atoms with Crippen molar-refractivity contribution in [3.63, 3.8) is 0 Å². The first kappa shape index (κ1) is 11.3. The lowest BCUT2D eigenvalue weighted by molar-refractivity contribution is -0.131. The van der Waals surface area contributed by atoms with E-state index in [0.717, 1.165) is 31.8 Å². The predicted octanol–water partition coefficient (Wildman–Crippen LogP) is 1.82. The highest BCUT2D eigenvalue weighted by molar-refractivity contribution is 5.79. The second-order valence-electron chi connectivity index (χ2n) is 2.43. The minimum absolute atomic E-state index is 0.782. The fourth-order valence-corrected chi connectivity index (χ4v) is 0.773. The highest BCUT2D eigenvalue weighted by atomic mass is 16.4. The molecule has 0 aliphatic rings. The second-order valence-corrected chi connectivity index (χ2v) is 2.43. The first-order chi connectivity index (χ1) is 6.27. The van der Waals surface area contributed by atoms with Crippen molar-refractivity contribution in [2.45, 2.75) is 25.7 Å². The SMILES string of the molecule is C#CC#CCCCC/C=C\C(=O)O. The molecule has 0 unspecified atom stereocenters. The molecule has 2 heteroatoms. The number of terminal acetylenes is 1. The summed E-state index contributed by atoms with van der Waals surface area (Å²) in [6.45, 7) is 0. The molecule has 0 aromatic heterocycles. The van der Waals surface area contributed by atoms with Crippen LogP contribution in [0.2, 0.25) is 0 Å². The van der Waals surface area contributed by atoms with Gasteiger partial charge in [0.2, 0.25) is 0 Å². The molecule has 0 saturated carbocycles. The number of carboxylic acids is 1. The molecule has 0 aliphatic heterocycles. The molecule has 13 heavy (non-hydrogen) atoms. The highest BCUT2D eigenvalue weighted by Gasteiger charge is 1.86. The summed E-state index contributed by atoms with van der Waals surface area (Å²) in [6, 6.07) is 0. The van der Waals surface area contributed by atoms with E-state index in [-0.39, 0.29) is 0 Å². The van der Waals surface area contributed by atoms with Gasteiger partial charge in [0.05, 0.1) is 0 Å². The molecule has 0 heterocycles. The molecule has 0 atom stereocenters. The van der Waals surface area contributed by atoms with E-state index in [1.54, 1.807) is 6.08 Å². The quantitative estimate of drug-likeness (QED) is 0.394. The van der Waals surface area contributed by atoms with Gasteiger partial charge in [-0.25, -0.2) is 4.79 Å². The maximum Gasteiger partial charge on any atom is 0.327 e. The van der Waals surface area contributed by atoms with Gasteiger partial charge in [0.25, 0.3) is 0 Å². The van der Waals surface area contributed by atoms with Crippen molar-refractivity contribution in [2.24, 2.45) is 0 Å². The number of rotatable bonds is 5. The molecule has 0 spiro atoms. The van der Waals surface area contributed by atoms with E-state index in [0.29, 0.717) is 0 Å². The molecular formula is C11H12O2. The number of allylic oxidation sites excluding steroid dienone is 1. The number of unbranched alkanes of at least 4 members (excludes halogenated alkanes) is 3. The Balaban J connectivity index is 3.28. The largest absolute Gasteiger partial charge is 0.478 e. The van der Waals surface area contributed by atoms with Crippen molar-refractivity contribution in [3.05, 3.63) is 12.2 Å². The number of carboxylic acid groups (broad SMARTS) is 1. The van der Waals surface area contributed by atoms with E-state index in [4.69, 9.17) is 11.5 Å². The van der Waals surface area contributed by atoms with Gasteiger partial charge in [-0.05, 0) is 31.1 Å². The summed E-state index contributed by atoms with van der Waals surface area (Å²) >= 11 is 0. The van der Waals surface area contributed by atoms with Crippen LogP contribution < -0.4 is 0 Å². The van der Waals surface area contributed by atoms with Gasteiger partial charge in [0, 0.05) is 12.5 Å². The third-order valence-corrected chi connectivity index (χ3v) is 1.34. The number of aliphatic carboxylic acids is 1. The van der Waals surface area contributed by atoms with Crippen LogP contribution in [-0.4, -0.2) is 11.1 Å². The van der Waals surface area contributed by atoms with Crippen molar-refractivity contribution >= 4 is 5.97 Å². The summed E-state index contributed by atoms with van der Waals surface area (Å²) in [5, 5.41) is 8.25. The molecule has 0 bridgehead atoms. The minimum Gasteiger partial charge on any atom is -0.478 e. The monoisotopic (exact) mass is 176 g/mol. The van der Waals surface area contributed by atoms with Crippen LogP contribution in [0.4, 0.5) is 0 Å². The van der Waals surface area contributed by atoms with Gasteiger partial charge in [-0.1, -0.05) is 12.0 Å². The Morgan fingerprint density at radius 1 is 1.46 bits per heavy atom. The highest BCUT2D eigenvalue weighted by Crippen LogP contribution is 1.99. The number of hydrogen-bond acceptors (Lipinski definition) is 1. The Kier molecular flexibility index (Phi) is 7.34. The molecule has 0 amide bonds. The predicted molar refractivity (Wildman–Crippen MR) is 51.9 cm³/mol. The van der Waals surface area contributed by atoms with E-state index in [9.17, 15) is 4.79 Å². The smallest absolute Gasteiger partial charge is 0.327 e. The lowest BCUT2D eigenvalue weighted by atomic mass is 10.2. The summed E-state index contributed by atoms with van der Waals surface area (Å²) in [4.78, 5) is 10.0. The summed E-state index contributed by atoms with van der Waals surface area (Å²) < 4.78 is 0. The van der Waals surface area contributed by atoms with Crippen LogP contribution in [0.15, 0.2) is 12.2 Å². The zero-order chi connectivity index (χ0) is 9.94. The zero-order valence-corrected chi connectivity index (χ0v) is 7.42. The molecule has 68 valence electrons. The molecule has 0 aromatic rings. The fraction of sp³-hybridized carbons (Fsp3) is 0.364. The third-order valence-electron chi connectivity index (χ3n) is 1.34. The minimum atomic E-state index is -0.896. The van der Waals surface area contributed by atoms with Gasteiger partial charge in [0.15, 0.2) is 0 Å². The Hall–Kier alpha value is -1.67. The van der Waals surface area contributed by atoms with Crippen LogP contribution in [0, 0.1) is 24.2 Å². The van der Waals surface area contributed by atoms with Gasteiger partial charge in [-0.2, -0.15) is 0 Å². The van der Waals surface area contributed by atoms with Crippen LogP contribution >= 0.6 is 0 Å². The van der Waals surface area contributed by atoms with E-state index in [2.05, 4.69) is 17.8 Å². The maximum absolute atomic E-state index is 10.0. The van der Waals surface area contributed by atoms with E-state index < -0.39 is 5.97 Å². The molecule has 1 N–H and O–H groups in total. The maximum atomic E-state index is 10.0. The fourth-order valence-electron chi connectivity index (χ4n) is 0.773. The Morgan fingerprint density at radius 2 is 2.23 bits per heavy atom. The van der Waals surface area contributed by atoms with Crippen LogP contribution in [0.5, 0.6) is 0 Å². The lowest BCUT2D eigenvalue weighted by Gasteiger charge is -1.89.